The van der Waals surface area contributed by atoms with Gasteiger partial charge in [0.05, 0.1) is 7.11 Å². The topological polar surface area (TPSA) is 84.3 Å². The van der Waals surface area contributed by atoms with Gasteiger partial charge in [-0.2, -0.15) is 4.98 Å². The van der Waals surface area contributed by atoms with Crippen LogP contribution in [0.2, 0.25) is 0 Å². The summed E-state index contributed by atoms with van der Waals surface area (Å²) in [7, 11) is 1.53. The van der Waals surface area contributed by atoms with Crippen molar-refractivity contribution < 1.29 is 14.6 Å². The van der Waals surface area contributed by atoms with E-state index in [0.29, 0.717) is 18.2 Å². The Labute approximate surface area is 100 Å². The molecule has 0 unspecified atom stereocenters. The molecule has 0 aliphatic carbocycles. The van der Waals surface area contributed by atoms with Crippen LogP contribution in [-0.2, 0) is 4.79 Å². The van der Waals surface area contributed by atoms with Crippen molar-refractivity contribution in [3.63, 3.8) is 0 Å². The Hall–Kier alpha value is -1.85. The minimum atomic E-state index is -0.813. The Balaban J connectivity index is 2.64. The Kier molecular flexibility index (Phi) is 4.25. The van der Waals surface area contributed by atoms with Crippen molar-refractivity contribution in [2.75, 3.05) is 12.4 Å². The minimum absolute atomic E-state index is 0.101. The first-order valence-electron chi connectivity index (χ1n) is 5.30. The SMILES string of the molecule is COc1ccnc(NC(C)(C)CCC(=O)O)n1. The molecule has 0 aliphatic rings. The van der Waals surface area contributed by atoms with E-state index < -0.39 is 5.97 Å². The molecule has 0 atom stereocenters. The van der Waals surface area contributed by atoms with Gasteiger partial charge in [0.1, 0.15) is 0 Å². The second kappa shape index (κ2) is 5.47. The van der Waals surface area contributed by atoms with Crippen molar-refractivity contribution in [3.05, 3.63) is 12.3 Å². The second-order valence-corrected chi connectivity index (χ2v) is 4.33. The molecule has 1 aromatic rings. The van der Waals surface area contributed by atoms with Gasteiger partial charge < -0.3 is 15.2 Å². The lowest BCUT2D eigenvalue weighted by molar-refractivity contribution is -0.137. The van der Waals surface area contributed by atoms with Crippen molar-refractivity contribution in [1.82, 2.24) is 9.97 Å². The van der Waals surface area contributed by atoms with Crippen molar-refractivity contribution in [2.45, 2.75) is 32.2 Å². The smallest absolute Gasteiger partial charge is 0.303 e. The third-order valence-electron chi connectivity index (χ3n) is 2.25. The van der Waals surface area contributed by atoms with Gasteiger partial charge in [-0.15, -0.1) is 0 Å². The van der Waals surface area contributed by atoms with E-state index in [2.05, 4.69) is 15.3 Å². The molecular weight excluding hydrogens is 222 g/mol. The summed E-state index contributed by atoms with van der Waals surface area (Å²) < 4.78 is 4.98. The maximum atomic E-state index is 10.5. The van der Waals surface area contributed by atoms with Gasteiger partial charge in [0, 0.05) is 24.2 Å². The van der Waals surface area contributed by atoms with Gasteiger partial charge in [0.2, 0.25) is 11.8 Å². The van der Waals surface area contributed by atoms with Crippen molar-refractivity contribution in [3.8, 4) is 5.88 Å². The van der Waals surface area contributed by atoms with Crippen LogP contribution in [0.5, 0.6) is 5.88 Å². The largest absolute Gasteiger partial charge is 0.481 e. The van der Waals surface area contributed by atoms with Crippen LogP contribution in [0.25, 0.3) is 0 Å². The summed E-state index contributed by atoms with van der Waals surface area (Å²) in [6.07, 6.45) is 2.17. The molecule has 0 fully saturated rings. The summed E-state index contributed by atoms with van der Waals surface area (Å²) in [4.78, 5) is 18.7. The normalized spacial score (nSPS) is 11.0. The molecule has 0 saturated carbocycles. The highest BCUT2D eigenvalue weighted by atomic mass is 16.5. The van der Waals surface area contributed by atoms with Crippen molar-refractivity contribution in [2.24, 2.45) is 0 Å². The number of nitrogens with one attached hydrogen (secondary N) is 1. The number of carboxylic acids is 1. The van der Waals surface area contributed by atoms with Crippen LogP contribution in [0.15, 0.2) is 12.3 Å². The number of aromatic nitrogens is 2. The van der Waals surface area contributed by atoms with Gasteiger partial charge >= 0.3 is 5.97 Å². The quantitative estimate of drug-likeness (QED) is 0.783. The summed E-state index contributed by atoms with van der Waals surface area (Å²) in [5.74, 6) is 0.0858. The molecule has 0 bridgehead atoms. The molecule has 0 spiro atoms. The first-order valence-corrected chi connectivity index (χ1v) is 5.30. The van der Waals surface area contributed by atoms with E-state index in [1.54, 1.807) is 12.3 Å². The molecule has 0 aromatic carbocycles. The third kappa shape index (κ3) is 4.67. The van der Waals surface area contributed by atoms with Gasteiger partial charge in [-0.25, -0.2) is 4.98 Å². The average molecular weight is 239 g/mol. The fraction of sp³-hybridized carbons (Fsp3) is 0.545. The molecule has 2 N–H and O–H groups in total. The van der Waals surface area contributed by atoms with E-state index in [-0.39, 0.29) is 12.0 Å². The lowest BCUT2D eigenvalue weighted by Crippen LogP contribution is -2.32. The number of aliphatic carboxylic acids is 1. The minimum Gasteiger partial charge on any atom is -0.481 e. The highest BCUT2D eigenvalue weighted by Gasteiger charge is 2.20. The van der Waals surface area contributed by atoms with Crippen LogP contribution < -0.4 is 10.1 Å². The molecular formula is C11H17N3O3. The summed E-state index contributed by atoms with van der Waals surface area (Å²) in [6, 6.07) is 1.65. The fourth-order valence-corrected chi connectivity index (χ4v) is 1.30. The van der Waals surface area contributed by atoms with E-state index >= 15 is 0 Å². The molecule has 0 amide bonds. The Morgan fingerprint density at radius 3 is 2.88 bits per heavy atom. The third-order valence-corrected chi connectivity index (χ3v) is 2.25. The zero-order valence-electron chi connectivity index (χ0n) is 10.2. The van der Waals surface area contributed by atoms with Gasteiger partial charge in [0.25, 0.3) is 0 Å². The van der Waals surface area contributed by atoms with E-state index in [1.807, 2.05) is 13.8 Å². The predicted molar refractivity (Wildman–Crippen MR) is 63.2 cm³/mol. The molecule has 17 heavy (non-hydrogen) atoms. The van der Waals surface area contributed by atoms with E-state index in [4.69, 9.17) is 9.84 Å². The number of hydrogen-bond donors (Lipinski definition) is 2. The molecule has 0 aliphatic heterocycles. The van der Waals surface area contributed by atoms with E-state index in [0.717, 1.165) is 0 Å². The number of hydrogen-bond acceptors (Lipinski definition) is 5. The molecule has 0 radical (unpaired) electrons. The zero-order chi connectivity index (χ0) is 12.9. The summed E-state index contributed by atoms with van der Waals surface area (Å²) in [5, 5.41) is 11.7. The van der Waals surface area contributed by atoms with Crippen LogP contribution in [0.4, 0.5) is 5.95 Å². The fourth-order valence-electron chi connectivity index (χ4n) is 1.30. The number of ether oxygens (including phenoxy) is 1. The lowest BCUT2D eigenvalue weighted by Gasteiger charge is -2.25. The van der Waals surface area contributed by atoms with Crippen LogP contribution in [0.1, 0.15) is 26.7 Å². The number of carboxylic acid groups (broad SMARTS) is 1. The monoisotopic (exact) mass is 239 g/mol. The number of nitrogens with zero attached hydrogens (tertiary/aromatic N) is 2. The Morgan fingerprint density at radius 1 is 1.59 bits per heavy atom. The van der Waals surface area contributed by atoms with Crippen molar-refractivity contribution >= 4 is 11.9 Å². The van der Waals surface area contributed by atoms with Crippen LogP contribution in [-0.4, -0.2) is 33.7 Å². The Bertz CT molecular complexity index is 393. The molecule has 1 heterocycles. The number of carbonyl (C=O) groups is 1. The molecule has 0 saturated heterocycles. The standard InChI is InChI=1S/C11H17N3O3/c1-11(2,6-4-9(15)16)14-10-12-7-5-8(13-10)17-3/h5,7H,4,6H2,1-3H3,(H,15,16)(H,12,13,14). The molecule has 1 rings (SSSR count). The highest BCUT2D eigenvalue weighted by molar-refractivity contribution is 5.66. The first kappa shape index (κ1) is 13.2. The average Bonchev–Trinajstić information content (AvgIpc) is 2.26. The van der Waals surface area contributed by atoms with Gasteiger partial charge in [0.15, 0.2) is 0 Å². The van der Waals surface area contributed by atoms with Crippen LogP contribution in [0, 0.1) is 0 Å². The molecule has 94 valence electrons. The summed E-state index contributed by atoms with van der Waals surface area (Å²) in [5.41, 5.74) is -0.384. The molecule has 1 aromatic heterocycles. The van der Waals surface area contributed by atoms with E-state index in [9.17, 15) is 4.79 Å². The second-order valence-electron chi connectivity index (χ2n) is 4.33. The summed E-state index contributed by atoms with van der Waals surface area (Å²) >= 11 is 0. The van der Waals surface area contributed by atoms with Crippen molar-refractivity contribution in [1.29, 1.82) is 0 Å². The van der Waals surface area contributed by atoms with E-state index in [1.165, 1.54) is 7.11 Å². The number of anilines is 1. The molecule has 6 nitrogen and oxygen atoms in total. The zero-order valence-corrected chi connectivity index (χ0v) is 10.2. The van der Waals surface area contributed by atoms with Crippen LogP contribution >= 0.6 is 0 Å². The highest BCUT2D eigenvalue weighted by Crippen LogP contribution is 2.18. The van der Waals surface area contributed by atoms with Gasteiger partial charge in [-0.05, 0) is 20.3 Å². The number of rotatable bonds is 6. The van der Waals surface area contributed by atoms with Crippen LogP contribution in [0.3, 0.4) is 0 Å². The maximum absolute atomic E-state index is 10.5. The summed E-state index contributed by atoms with van der Waals surface area (Å²) in [6.45, 7) is 3.80. The molecule has 6 heteroatoms. The maximum Gasteiger partial charge on any atom is 0.303 e. The predicted octanol–water partition coefficient (Wildman–Crippen LogP) is 1.54. The van der Waals surface area contributed by atoms with Gasteiger partial charge in [-0.1, -0.05) is 0 Å². The lowest BCUT2D eigenvalue weighted by atomic mass is 9.99. The number of methoxy groups -OCH3 is 1. The van der Waals surface area contributed by atoms with Gasteiger partial charge in [-0.3, -0.25) is 4.79 Å². The first-order chi connectivity index (χ1) is 7.93. The Morgan fingerprint density at radius 2 is 2.29 bits per heavy atom.